The second-order valence-electron chi connectivity index (χ2n) is 6.64. The van der Waals surface area contributed by atoms with Crippen LogP contribution in [-0.4, -0.2) is 20.2 Å². The van der Waals surface area contributed by atoms with E-state index in [0.29, 0.717) is 22.3 Å². The Labute approximate surface area is 163 Å². The molecule has 0 saturated heterocycles. The molecule has 4 nitrogen and oxygen atoms in total. The van der Waals surface area contributed by atoms with Gasteiger partial charge in [-0.05, 0) is 23.3 Å². The van der Waals surface area contributed by atoms with Gasteiger partial charge in [-0.15, -0.1) is 0 Å². The second-order valence-corrected chi connectivity index (χ2v) is 6.64. The SMILES string of the molecule is O[C@](c1ccccc1)(c1cccnc1)[C@@](O)(c1ccccc1)c1cccnc1. The van der Waals surface area contributed by atoms with Crippen LogP contribution in [0.5, 0.6) is 0 Å². The third kappa shape index (κ3) is 2.80. The van der Waals surface area contributed by atoms with Crippen LogP contribution >= 0.6 is 0 Å². The molecule has 0 aliphatic carbocycles. The molecule has 4 rings (SSSR count). The zero-order chi connectivity index (χ0) is 19.5. The lowest BCUT2D eigenvalue weighted by Gasteiger charge is -2.44. The fourth-order valence-corrected chi connectivity index (χ4v) is 3.68. The maximum atomic E-state index is 12.3. The average molecular weight is 368 g/mol. The summed E-state index contributed by atoms with van der Waals surface area (Å²) in [4.78, 5) is 8.38. The number of hydrogen-bond donors (Lipinski definition) is 2. The molecule has 0 fully saturated rings. The van der Waals surface area contributed by atoms with Crippen molar-refractivity contribution in [2.24, 2.45) is 0 Å². The first-order valence-electron chi connectivity index (χ1n) is 9.04. The Morgan fingerprint density at radius 3 is 1.14 bits per heavy atom. The lowest BCUT2D eigenvalue weighted by Crippen LogP contribution is -2.51. The number of benzene rings is 2. The van der Waals surface area contributed by atoms with Crippen LogP contribution in [0.2, 0.25) is 0 Å². The van der Waals surface area contributed by atoms with E-state index in [-0.39, 0.29) is 0 Å². The molecule has 0 spiro atoms. The number of nitrogens with zero attached hydrogens (tertiary/aromatic N) is 2. The van der Waals surface area contributed by atoms with Crippen molar-refractivity contribution in [2.75, 3.05) is 0 Å². The van der Waals surface area contributed by atoms with Crippen LogP contribution in [0.3, 0.4) is 0 Å². The largest absolute Gasteiger partial charge is 0.377 e. The summed E-state index contributed by atoms with van der Waals surface area (Å²) in [6, 6.07) is 25.3. The van der Waals surface area contributed by atoms with Gasteiger partial charge in [0.15, 0.2) is 11.2 Å². The Bertz CT molecular complexity index is 857. The Balaban J connectivity index is 2.09. The molecule has 4 aromatic rings. The maximum Gasteiger partial charge on any atom is 0.153 e. The Morgan fingerprint density at radius 2 is 0.821 bits per heavy atom. The Kier molecular flexibility index (Phi) is 4.74. The van der Waals surface area contributed by atoms with E-state index < -0.39 is 11.2 Å². The lowest BCUT2D eigenvalue weighted by atomic mass is 9.67. The predicted octanol–water partition coefficient (Wildman–Crippen LogP) is 3.65. The highest BCUT2D eigenvalue weighted by atomic mass is 16.4. The fourth-order valence-electron chi connectivity index (χ4n) is 3.68. The summed E-state index contributed by atoms with van der Waals surface area (Å²) in [6.07, 6.45) is 6.44. The normalized spacial score (nSPS) is 15.4. The highest BCUT2D eigenvalue weighted by Crippen LogP contribution is 2.49. The van der Waals surface area contributed by atoms with E-state index in [2.05, 4.69) is 9.97 Å². The van der Waals surface area contributed by atoms with E-state index >= 15 is 0 Å². The molecule has 138 valence electrons. The number of aliphatic hydroxyl groups is 2. The average Bonchev–Trinajstić information content (AvgIpc) is 2.80. The van der Waals surface area contributed by atoms with E-state index in [1.54, 1.807) is 73.3 Å². The quantitative estimate of drug-likeness (QED) is 0.564. The summed E-state index contributed by atoms with van der Waals surface area (Å²) in [5, 5.41) is 24.5. The lowest BCUT2D eigenvalue weighted by molar-refractivity contribution is -0.113. The van der Waals surface area contributed by atoms with Crippen LogP contribution in [0.1, 0.15) is 22.3 Å². The number of pyridine rings is 2. The molecule has 0 aliphatic heterocycles. The van der Waals surface area contributed by atoms with Crippen LogP contribution in [0.15, 0.2) is 110 Å². The van der Waals surface area contributed by atoms with Gasteiger partial charge in [-0.1, -0.05) is 72.8 Å². The number of aromatic nitrogens is 2. The minimum Gasteiger partial charge on any atom is -0.377 e. The molecule has 0 aliphatic rings. The van der Waals surface area contributed by atoms with Gasteiger partial charge in [-0.2, -0.15) is 0 Å². The molecule has 4 heteroatoms. The third-order valence-electron chi connectivity index (χ3n) is 5.07. The maximum absolute atomic E-state index is 12.3. The van der Waals surface area contributed by atoms with E-state index in [4.69, 9.17) is 0 Å². The van der Waals surface area contributed by atoms with E-state index in [1.807, 2.05) is 36.4 Å². The van der Waals surface area contributed by atoms with Crippen LogP contribution in [0.4, 0.5) is 0 Å². The standard InChI is InChI=1S/C24H20N2O2/c27-23(19-9-3-1-4-10-19,21-13-7-15-25-17-21)24(28,20-11-5-2-6-12-20)22-14-8-16-26-18-22/h1-18,27-28H/t23-,24-/m1/s1. The molecular weight excluding hydrogens is 348 g/mol. The monoisotopic (exact) mass is 368 g/mol. The van der Waals surface area contributed by atoms with Gasteiger partial charge in [0.2, 0.25) is 0 Å². The smallest absolute Gasteiger partial charge is 0.153 e. The van der Waals surface area contributed by atoms with Crippen molar-refractivity contribution in [2.45, 2.75) is 11.2 Å². The van der Waals surface area contributed by atoms with Crippen molar-refractivity contribution in [3.63, 3.8) is 0 Å². The molecule has 0 unspecified atom stereocenters. The van der Waals surface area contributed by atoms with Gasteiger partial charge in [-0.25, -0.2) is 0 Å². The van der Waals surface area contributed by atoms with Gasteiger partial charge in [0.25, 0.3) is 0 Å². The van der Waals surface area contributed by atoms with Crippen molar-refractivity contribution in [1.29, 1.82) is 0 Å². The van der Waals surface area contributed by atoms with Crippen LogP contribution in [-0.2, 0) is 11.2 Å². The first kappa shape index (κ1) is 18.0. The fraction of sp³-hybridized carbons (Fsp3) is 0.0833. The van der Waals surface area contributed by atoms with E-state index in [1.165, 1.54) is 0 Å². The van der Waals surface area contributed by atoms with Gasteiger partial charge >= 0.3 is 0 Å². The summed E-state index contributed by atoms with van der Waals surface area (Å²) in [7, 11) is 0. The molecule has 28 heavy (non-hydrogen) atoms. The van der Waals surface area contributed by atoms with Crippen LogP contribution in [0, 0.1) is 0 Å². The highest BCUT2D eigenvalue weighted by molar-refractivity contribution is 5.49. The minimum absolute atomic E-state index is 0.483. The van der Waals surface area contributed by atoms with Gasteiger partial charge < -0.3 is 10.2 Å². The van der Waals surface area contributed by atoms with E-state index in [0.717, 1.165) is 0 Å². The van der Waals surface area contributed by atoms with Crippen molar-refractivity contribution >= 4 is 0 Å². The summed E-state index contributed by atoms with van der Waals surface area (Å²) < 4.78 is 0. The molecule has 0 bridgehead atoms. The van der Waals surface area contributed by atoms with Crippen LogP contribution < -0.4 is 0 Å². The van der Waals surface area contributed by atoms with Crippen LogP contribution in [0.25, 0.3) is 0 Å². The van der Waals surface area contributed by atoms with E-state index in [9.17, 15) is 10.2 Å². The van der Waals surface area contributed by atoms with Crippen molar-refractivity contribution in [3.8, 4) is 0 Å². The summed E-state index contributed by atoms with van der Waals surface area (Å²) >= 11 is 0. The van der Waals surface area contributed by atoms with Gasteiger partial charge in [0.05, 0.1) is 0 Å². The topological polar surface area (TPSA) is 66.2 Å². The van der Waals surface area contributed by atoms with Gasteiger partial charge in [0, 0.05) is 35.9 Å². The van der Waals surface area contributed by atoms with Crippen molar-refractivity contribution in [3.05, 3.63) is 132 Å². The molecule has 0 amide bonds. The molecule has 0 radical (unpaired) electrons. The first-order chi connectivity index (χ1) is 13.7. The molecule has 2 N–H and O–H groups in total. The predicted molar refractivity (Wildman–Crippen MR) is 107 cm³/mol. The Morgan fingerprint density at radius 1 is 0.464 bits per heavy atom. The number of hydrogen-bond acceptors (Lipinski definition) is 4. The second kappa shape index (κ2) is 7.35. The molecule has 2 aromatic carbocycles. The summed E-state index contributed by atoms with van der Waals surface area (Å²) in [6.45, 7) is 0. The first-order valence-corrected chi connectivity index (χ1v) is 9.04. The van der Waals surface area contributed by atoms with Crippen molar-refractivity contribution < 1.29 is 10.2 Å². The highest BCUT2D eigenvalue weighted by Gasteiger charge is 2.54. The third-order valence-corrected chi connectivity index (χ3v) is 5.07. The zero-order valence-electron chi connectivity index (χ0n) is 15.2. The summed E-state index contributed by atoms with van der Waals surface area (Å²) in [5.74, 6) is 0. The van der Waals surface area contributed by atoms with Gasteiger partial charge in [0.1, 0.15) is 0 Å². The summed E-state index contributed by atoms with van der Waals surface area (Å²) in [5.41, 5.74) is -1.52. The van der Waals surface area contributed by atoms with Crippen molar-refractivity contribution in [1.82, 2.24) is 9.97 Å². The number of rotatable bonds is 5. The molecule has 0 saturated carbocycles. The van der Waals surface area contributed by atoms with Gasteiger partial charge in [-0.3, -0.25) is 9.97 Å². The molecule has 2 heterocycles. The molecule has 2 atom stereocenters. The minimum atomic E-state index is -1.80. The molecular formula is C24H20N2O2. The zero-order valence-corrected chi connectivity index (χ0v) is 15.2. The molecule has 2 aromatic heterocycles. The Hall–Kier alpha value is -3.34.